The lowest BCUT2D eigenvalue weighted by atomic mass is 10.0. The number of anilines is 1. The summed E-state index contributed by atoms with van der Waals surface area (Å²) in [6.45, 7) is 0.628. The van der Waals surface area contributed by atoms with Crippen LogP contribution in [0.2, 0.25) is 0 Å². The molecule has 3 N–H and O–H groups in total. The molecule has 5 heteroatoms. The minimum Gasteiger partial charge on any atom is -0.399 e. The van der Waals surface area contributed by atoms with E-state index in [0.717, 1.165) is 24.3 Å². The Hall–Kier alpha value is -1.23. The van der Waals surface area contributed by atoms with Crippen molar-refractivity contribution in [1.29, 1.82) is 0 Å². The van der Waals surface area contributed by atoms with Gasteiger partial charge in [0.2, 0.25) is 0 Å². The molecule has 1 aliphatic rings. The largest absolute Gasteiger partial charge is 0.399 e. The van der Waals surface area contributed by atoms with Crippen LogP contribution in [0, 0.1) is 11.7 Å². The summed E-state index contributed by atoms with van der Waals surface area (Å²) >= 11 is 1.95. The Kier molecular flexibility index (Phi) is 4.47. The predicted molar refractivity (Wildman–Crippen MR) is 73.2 cm³/mol. The van der Waals surface area contributed by atoms with Crippen LogP contribution >= 0.6 is 11.8 Å². The van der Waals surface area contributed by atoms with Gasteiger partial charge in [-0.05, 0) is 48.5 Å². The Morgan fingerprint density at radius 2 is 2.17 bits per heavy atom. The van der Waals surface area contributed by atoms with Crippen LogP contribution in [0.15, 0.2) is 18.2 Å². The lowest BCUT2D eigenvalue weighted by molar-refractivity contribution is 0.0942. The fourth-order valence-electron chi connectivity index (χ4n) is 2.00. The van der Waals surface area contributed by atoms with Crippen LogP contribution in [0.25, 0.3) is 0 Å². The highest BCUT2D eigenvalue weighted by atomic mass is 32.2. The molecule has 0 bridgehead atoms. The highest BCUT2D eigenvalue weighted by Crippen LogP contribution is 2.22. The Bertz CT molecular complexity index is 433. The number of benzene rings is 1. The molecule has 0 aromatic heterocycles. The van der Waals surface area contributed by atoms with Gasteiger partial charge in [0, 0.05) is 12.2 Å². The first-order valence-corrected chi connectivity index (χ1v) is 7.23. The fourth-order valence-corrected chi connectivity index (χ4v) is 3.20. The quantitative estimate of drug-likeness (QED) is 0.827. The van der Waals surface area contributed by atoms with E-state index in [1.165, 1.54) is 18.2 Å². The van der Waals surface area contributed by atoms with Crippen molar-refractivity contribution in [2.45, 2.75) is 12.8 Å². The molecule has 0 unspecified atom stereocenters. The van der Waals surface area contributed by atoms with E-state index in [4.69, 9.17) is 5.73 Å². The van der Waals surface area contributed by atoms with Crippen molar-refractivity contribution in [3.63, 3.8) is 0 Å². The molecule has 1 amide bonds. The van der Waals surface area contributed by atoms with Gasteiger partial charge in [-0.1, -0.05) is 0 Å². The number of halogens is 1. The fraction of sp³-hybridized carbons (Fsp3) is 0.462. The van der Waals surface area contributed by atoms with Gasteiger partial charge in [-0.2, -0.15) is 11.8 Å². The number of carbonyl (C=O) groups is 1. The molecule has 1 aromatic rings. The van der Waals surface area contributed by atoms with Crippen LogP contribution < -0.4 is 11.1 Å². The van der Waals surface area contributed by atoms with Gasteiger partial charge in [-0.25, -0.2) is 4.39 Å². The zero-order valence-corrected chi connectivity index (χ0v) is 10.9. The van der Waals surface area contributed by atoms with Crippen molar-refractivity contribution >= 4 is 23.4 Å². The topological polar surface area (TPSA) is 55.1 Å². The second kappa shape index (κ2) is 6.09. The average Bonchev–Trinajstić information content (AvgIpc) is 2.37. The van der Waals surface area contributed by atoms with Crippen molar-refractivity contribution in [2.24, 2.45) is 5.92 Å². The van der Waals surface area contributed by atoms with E-state index in [0.29, 0.717) is 18.2 Å². The Balaban J connectivity index is 1.90. The smallest absolute Gasteiger partial charge is 0.254 e. The molecule has 98 valence electrons. The summed E-state index contributed by atoms with van der Waals surface area (Å²) in [6, 6.07) is 4.14. The summed E-state index contributed by atoms with van der Waals surface area (Å²) in [5.74, 6) is 1.90. The molecule has 0 radical (unpaired) electrons. The van der Waals surface area contributed by atoms with Crippen LogP contribution in [-0.4, -0.2) is 24.0 Å². The Labute approximate surface area is 110 Å². The number of thioether (sulfide) groups is 1. The highest BCUT2D eigenvalue weighted by molar-refractivity contribution is 7.99. The third kappa shape index (κ3) is 3.38. The van der Waals surface area contributed by atoms with E-state index < -0.39 is 5.82 Å². The molecule has 1 aromatic carbocycles. The summed E-state index contributed by atoms with van der Waals surface area (Å²) in [5, 5.41) is 2.80. The van der Waals surface area contributed by atoms with Gasteiger partial charge >= 0.3 is 0 Å². The minimum atomic E-state index is -0.563. The van der Waals surface area contributed by atoms with Crippen molar-refractivity contribution in [1.82, 2.24) is 5.32 Å². The predicted octanol–water partition coefficient (Wildman–Crippen LogP) is 2.28. The number of nitrogens with two attached hydrogens (primary N) is 1. The zero-order valence-electron chi connectivity index (χ0n) is 10.1. The number of hydrogen-bond donors (Lipinski definition) is 2. The maximum atomic E-state index is 13.5. The van der Waals surface area contributed by atoms with Crippen molar-refractivity contribution in [3.8, 4) is 0 Å². The summed E-state index contributed by atoms with van der Waals surface area (Å²) in [5.41, 5.74) is 5.84. The molecule has 0 aliphatic carbocycles. The van der Waals surface area contributed by atoms with E-state index in [-0.39, 0.29) is 11.5 Å². The van der Waals surface area contributed by atoms with E-state index in [2.05, 4.69) is 5.32 Å². The zero-order chi connectivity index (χ0) is 13.0. The molecular formula is C13H17FN2OS. The highest BCUT2D eigenvalue weighted by Gasteiger charge is 2.16. The van der Waals surface area contributed by atoms with E-state index >= 15 is 0 Å². The molecule has 18 heavy (non-hydrogen) atoms. The van der Waals surface area contributed by atoms with Crippen LogP contribution in [0.3, 0.4) is 0 Å². The molecule has 1 heterocycles. The van der Waals surface area contributed by atoms with E-state index in [1.54, 1.807) is 0 Å². The van der Waals surface area contributed by atoms with Gasteiger partial charge in [0.1, 0.15) is 5.82 Å². The van der Waals surface area contributed by atoms with Gasteiger partial charge in [-0.3, -0.25) is 4.79 Å². The number of hydrogen-bond acceptors (Lipinski definition) is 3. The molecule has 0 spiro atoms. The van der Waals surface area contributed by atoms with Gasteiger partial charge in [0.15, 0.2) is 0 Å². The van der Waals surface area contributed by atoms with Crippen LogP contribution in [0.1, 0.15) is 23.2 Å². The molecule has 0 atom stereocenters. The van der Waals surface area contributed by atoms with Crippen molar-refractivity contribution in [2.75, 3.05) is 23.8 Å². The van der Waals surface area contributed by atoms with E-state index in [1.807, 2.05) is 11.8 Å². The molecule has 1 saturated heterocycles. The summed E-state index contributed by atoms with van der Waals surface area (Å²) in [7, 11) is 0. The molecule has 2 rings (SSSR count). The van der Waals surface area contributed by atoms with Gasteiger partial charge in [-0.15, -0.1) is 0 Å². The number of amides is 1. The molecule has 3 nitrogen and oxygen atoms in total. The maximum Gasteiger partial charge on any atom is 0.254 e. The van der Waals surface area contributed by atoms with Gasteiger partial charge < -0.3 is 11.1 Å². The standard InChI is InChI=1S/C13H17FN2OS/c14-12-7-10(15)1-2-11(12)13(17)16-8-9-3-5-18-6-4-9/h1-2,7,9H,3-6,8,15H2,(H,16,17). The summed E-state index contributed by atoms with van der Waals surface area (Å²) < 4.78 is 13.5. The number of nitrogen functional groups attached to an aromatic ring is 1. The van der Waals surface area contributed by atoms with Crippen LogP contribution in [0.5, 0.6) is 0 Å². The molecule has 0 saturated carbocycles. The SMILES string of the molecule is Nc1ccc(C(=O)NCC2CCSCC2)c(F)c1. The first kappa shape index (κ1) is 13.2. The third-order valence-corrected chi connectivity index (χ3v) is 4.18. The van der Waals surface area contributed by atoms with Crippen molar-refractivity contribution in [3.05, 3.63) is 29.6 Å². The third-order valence-electron chi connectivity index (χ3n) is 3.13. The molecular weight excluding hydrogens is 251 g/mol. The molecule has 1 fully saturated rings. The molecule has 1 aliphatic heterocycles. The minimum absolute atomic E-state index is 0.0642. The van der Waals surface area contributed by atoms with E-state index in [9.17, 15) is 9.18 Å². The Morgan fingerprint density at radius 3 is 2.83 bits per heavy atom. The maximum absolute atomic E-state index is 13.5. The first-order chi connectivity index (χ1) is 8.66. The first-order valence-electron chi connectivity index (χ1n) is 6.08. The van der Waals surface area contributed by atoms with Gasteiger partial charge in [0.25, 0.3) is 5.91 Å². The number of rotatable bonds is 3. The van der Waals surface area contributed by atoms with Crippen molar-refractivity contribution < 1.29 is 9.18 Å². The normalized spacial score (nSPS) is 16.5. The summed E-state index contributed by atoms with van der Waals surface area (Å²) in [4.78, 5) is 11.8. The van der Waals surface area contributed by atoms with Crippen LogP contribution in [0.4, 0.5) is 10.1 Å². The summed E-state index contributed by atoms with van der Waals surface area (Å²) in [6.07, 6.45) is 2.24. The second-order valence-corrected chi connectivity index (χ2v) is 5.73. The lowest BCUT2D eigenvalue weighted by Crippen LogP contribution is -2.31. The lowest BCUT2D eigenvalue weighted by Gasteiger charge is -2.21. The average molecular weight is 268 g/mol. The number of carbonyl (C=O) groups excluding carboxylic acids is 1. The monoisotopic (exact) mass is 268 g/mol. The van der Waals surface area contributed by atoms with Gasteiger partial charge in [0.05, 0.1) is 5.56 Å². The Morgan fingerprint density at radius 1 is 1.44 bits per heavy atom. The number of nitrogens with one attached hydrogen (secondary N) is 1. The second-order valence-electron chi connectivity index (χ2n) is 4.51. The van der Waals surface area contributed by atoms with Crippen LogP contribution in [-0.2, 0) is 0 Å².